The molecule has 1 aromatic rings. The van der Waals surface area contributed by atoms with Gasteiger partial charge in [-0.25, -0.2) is 0 Å². The van der Waals surface area contributed by atoms with Gasteiger partial charge in [-0.2, -0.15) is 0 Å². The molecule has 3 rings (SSSR count). The highest BCUT2D eigenvalue weighted by atomic mass is 16.6. The van der Waals surface area contributed by atoms with E-state index in [1.807, 2.05) is 20.8 Å². The number of rotatable bonds is 5. The van der Waals surface area contributed by atoms with Crippen molar-refractivity contribution in [3.8, 4) is 5.75 Å². The Balaban J connectivity index is 1.97. The zero-order chi connectivity index (χ0) is 21.8. The lowest BCUT2D eigenvalue weighted by Gasteiger charge is -2.39. The molecule has 2 fully saturated rings. The van der Waals surface area contributed by atoms with Crippen LogP contribution >= 0.6 is 0 Å². The first kappa shape index (κ1) is 21.6. The summed E-state index contributed by atoms with van der Waals surface area (Å²) < 4.78 is 11.4. The van der Waals surface area contributed by atoms with Crippen molar-refractivity contribution in [2.75, 3.05) is 7.11 Å². The van der Waals surface area contributed by atoms with Gasteiger partial charge >= 0.3 is 5.97 Å². The van der Waals surface area contributed by atoms with Gasteiger partial charge in [0.25, 0.3) is 5.69 Å². The number of esters is 1. The third kappa shape index (κ3) is 3.40. The average molecular weight is 404 g/mol. The molecule has 0 radical (unpaired) electrons. The van der Waals surface area contributed by atoms with Crippen LogP contribution in [-0.4, -0.2) is 18.0 Å². The molecule has 2 bridgehead atoms. The number of ether oxygens (including phenoxy) is 2. The lowest BCUT2D eigenvalue weighted by atomic mass is 9.66. The van der Waals surface area contributed by atoms with Crippen LogP contribution < -0.4 is 4.74 Å². The predicted octanol–water partition coefficient (Wildman–Crippen LogP) is 5.70. The highest BCUT2D eigenvalue weighted by Gasteiger charge is 2.64. The number of methoxy groups -OCH3 is 1. The molecule has 2 saturated carbocycles. The molecule has 0 saturated heterocycles. The number of hydrogen-bond donors (Lipinski definition) is 0. The Morgan fingerprint density at radius 1 is 1.28 bits per heavy atom. The maximum Gasteiger partial charge on any atom is 0.310 e. The summed E-state index contributed by atoms with van der Waals surface area (Å²) in [6.45, 7) is 12.5. The molecule has 29 heavy (non-hydrogen) atoms. The molecule has 160 valence electrons. The van der Waals surface area contributed by atoms with Gasteiger partial charge in [-0.1, -0.05) is 41.5 Å². The van der Waals surface area contributed by atoms with Crippen molar-refractivity contribution in [1.82, 2.24) is 0 Å². The van der Waals surface area contributed by atoms with Gasteiger partial charge in [-0.15, -0.1) is 0 Å². The van der Waals surface area contributed by atoms with Gasteiger partial charge in [0, 0.05) is 11.5 Å². The Bertz CT molecular complexity index is 825. The zero-order valence-electron chi connectivity index (χ0n) is 18.6. The fourth-order valence-electron chi connectivity index (χ4n) is 5.50. The van der Waals surface area contributed by atoms with E-state index >= 15 is 0 Å². The number of fused-ring (bicyclic) bond motifs is 2. The Kier molecular flexibility index (Phi) is 5.21. The van der Waals surface area contributed by atoms with Crippen molar-refractivity contribution >= 4 is 11.7 Å². The quantitative estimate of drug-likeness (QED) is 0.358. The first-order valence-electron chi connectivity index (χ1n) is 10.4. The smallest absolute Gasteiger partial charge is 0.310 e. The van der Waals surface area contributed by atoms with E-state index in [-0.39, 0.29) is 28.4 Å². The lowest BCUT2D eigenvalue weighted by molar-refractivity contribution is -0.386. The molecule has 0 spiro atoms. The summed E-state index contributed by atoms with van der Waals surface area (Å²) in [5, 5.41) is 11.7. The second-order valence-electron chi connectivity index (χ2n) is 10.5. The molecule has 4 atom stereocenters. The molecule has 1 aromatic carbocycles. The fraction of sp³-hybridized carbons (Fsp3) is 0.696. The first-order chi connectivity index (χ1) is 13.3. The van der Waals surface area contributed by atoms with Crippen molar-refractivity contribution in [2.24, 2.45) is 28.1 Å². The number of nitrogens with zero attached hydrogens (tertiary/aromatic N) is 1. The van der Waals surface area contributed by atoms with Crippen LogP contribution in [0.1, 0.15) is 72.5 Å². The van der Waals surface area contributed by atoms with Crippen LogP contribution in [-0.2, 0) is 9.53 Å². The third-order valence-corrected chi connectivity index (χ3v) is 7.81. The Morgan fingerprint density at radius 2 is 1.93 bits per heavy atom. The van der Waals surface area contributed by atoms with Crippen molar-refractivity contribution in [3.63, 3.8) is 0 Å². The van der Waals surface area contributed by atoms with Crippen LogP contribution in [0.15, 0.2) is 18.2 Å². The number of carbonyl (C=O) groups is 1. The minimum Gasteiger partial charge on any atom is -0.497 e. The monoisotopic (exact) mass is 403 g/mol. The molecule has 0 heterocycles. The molecule has 3 unspecified atom stereocenters. The second kappa shape index (κ2) is 6.99. The van der Waals surface area contributed by atoms with Crippen molar-refractivity contribution in [1.29, 1.82) is 0 Å². The third-order valence-electron chi connectivity index (χ3n) is 7.81. The van der Waals surface area contributed by atoms with E-state index in [1.165, 1.54) is 13.2 Å². The van der Waals surface area contributed by atoms with Crippen LogP contribution in [0.25, 0.3) is 0 Å². The van der Waals surface area contributed by atoms with E-state index in [1.54, 1.807) is 12.1 Å². The molecule has 0 aromatic heterocycles. The largest absolute Gasteiger partial charge is 0.497 e. The molecular weight excluding hydrogens is 370 g/mol. The van der Waals surface area contributed by atoms with Crippen LogP contribution in [0.4, 0.5) is 5.69 Å². The minimum atomic E-state index is -0.740. The summed E-state index contributed by atoms with van der Waals surface area (Å²) in [7, 11) is 1.52. The summed E-state index contributed by atoms with van der Waals surface area (Å²) in [4.78, 5) is 24.6. The van der Waals surface area contributed by atoms with Crippen molar-refractivity contribution in [2.45, 2.75) is 66.9 Å². The van der Waals surface area contributed by atoms with E-state index in [0.717, 1.165) is 19.3 Å². The van der Waals surface area contributed by atoms with Crippen LogP contribution in [0.3, 0.4) is 0 Å². The average Bonchev–Trinajstić information content (AvgIpc) is 2.97. The molecule has 0 N–H and O–H groups in total. The van der Waals surface area contributed by atoms with Gasteiger partial charge in [-0.05, 0) is 48.1 Å². The second-order valence-corrected chi connectivity index (χ2v) is 10.5. The van der Waals surface area contributed by atoms with Gasteiger partial charge in [0.05, 0.1) is 23.5 Å². The molecule has 0 aliphatic heterocycles. The lowest BCUT2D eigenvalue weighted by Crippen LogP contribution is -2.38. The fourth-order valence-corrected chi connectivity index (χ4v) is 5.50. The van der Waals surface area contributed by atoms with E-state index in [2.05, 4.69) is 20.8 Å². The summed E-state index contributed by atoms with van der Waals surface area (Å²) in [5.41, 5.74) is -0.199. The molecule has 0 amide bonds. The number of nitro benzene ring substituents is 1. The summed E-state index contributed by atoms with van der Waals surface area (Å²) in [6, 6.07) is 4.60. The molecular formula is C23H33NO5. The number of hydrogen-bond acceptors (Lipinski definition) is 5. The Morgan fingerprint density at radius 3 is 2.38 bits per heavy atom. The number of nitro groups is 1. The zero-order valence-corrected chi connectivity index (χ0v) is 18.6. The van der Waals surface area contributed by atoms with Gasteiger partial charge in [0.15, 0.2) is 0 Å². The first-order valence-corrected chi connectivity index (χ1v) is 10.4. The Labute approximate surface area is 173 Å². The van der Waals surface area contributed by atoms with Crippen LogP contribution in [0.2, 0.25) is 0 Å². The topological polar surface area (TPSA) is 78.7 Å². The predicted molar refractivity (Wildman–Crippen MR) is 111 cm³/mol. The van der Waals surface area contributed by atoms with Crippen molar-refractivity contribution in [3.05, 3.63) is 33.9 Å². The molecule has 2 aliphatic carbocycles. The van der Waals surface area contributed by atoms with Gasteiger partial charge in [0.2, 0.25) is 0 Å². The summed E-state index contributed by atoms with van der Waals surface area (Å²) in [5.74, 6) is 0.610. The van der Waals surface area contributed by atoms with Crippen LogP contribution in [0, 0.1) is 38.2 Å². The summed E-state index contributed by atoms with van der Waals surface area (Å²) in [6.07, 6.45) is 2.26. The van der Waals surface area contributed by atoms with Gasteiger partial charge in [-0.3, -0.25) is 14.9 Å². The van der Waals surface area contributed by atoms with E-state index in [4.69, 9.17) is 9.47 Å². The van der Waals surface area contributed by atoms with E-state index in [0.29, 0.717) is 17.2 Å². The Hall–Kier alpha value is -2.11. The highest BCUT2D eigenvalue weighted by Crippen LogP contribution is 2.68. The van der Waals surface area contributed by atoms with Gasteiger partial charge in [0.1, 0.15) is 11.9 Å². The molecule has 6 heteroatoms. The van der Waals surface area contributed by atoms with E-state index < -0.39 is 16.4 Å². The van der Waals surface area contributed by atoms with E-state index in [9.17, 15) is 14.9 Å². The minimum absolute atomic E-state index is 0.0574. The molecule has 2 aliphatic rings. The van der Waals surface area contributed by atoms with Gasteiger partial charge < -0.3 is 9.47 Å². The highest BCUT2D eigenvalue weighted by molar-refractivity contribution is 5.75. The number of carbonyl (C=O) groups excluding carboxylic acids is 1. The maximum absolute atomic E-state index is 13.4. The van der Waals surface area contributed by atoms with Crippen molar-refractivity contribution < 1.29 is 19.2 Å². The maximum atomic E-state index is 13.4. The normalized spacial score (nSPS) is 28.8. The van der Waals surface area contributed by atoms with Crippen LogP contribution in [0.5, 0.6) is 5.75 Å². The molecule has 6 nitrogen and oxygen atoms in total. The standard InChI is InChI=1S/C23H33NO5/c1-21(2,3)19(16-13-15(28-7)8-9-18(16)24(26)27)29-20(25)17-12-14-10-11-23(17,6)22(14,4)5/h8-9,13-14,17,19H,10-12H2,1-7H3/t14?,17?,19?,23-/m0/s1. The number of benzene rings is 1. The SMILES string of the molecule is COc1ccc([N+](=O)[O-])c(C(OC(=O)C2CC3CC[C@]2(C)C3(C)C)C(C)(C)C)c1. The summed E-state index contributed by atoms with van der Waals surface area (Å²) >= 11 is 0.